The van der Waals surface area contributed by atoms with Gasteiger partial charge in [0, 0.05) is 12.6 Å². The Kier molecular flexibility index (Phi) is 3.35. The number of alkyl halides is 1. The molecule has 2 aromatic rings. The average Bonchev–Trinajstić information content (AvgIpc) is 2.76. The fourth-order valence-electron chi connectivity index (χ4n) is 2.35. The highest BCUT2D eigenvalue weighted by Gasteiger charge is 2.31. The van der Waals surface area contributed by atoms with Gasteiger partial charge in [-0.2, -0.15) is 0 Å². The van der Waals surface area contributed by atoms with Crippen LogP contribution in [-0.4, -0.2) is 26.3 Å². The summed E-state index contributed by atoms with van der Waals surface area (Å²) in [6.45, 7) is 0. The Balaban J connectivity index is 2.14. The zero-order valence-electron chi connectivity index (χ0n) is 10.3. The zero-order valence-corrected chi connectivity index (χ0v) is 11.8. The molecule has 1 atom stereocenters. The van der Waals surface area contributed by atoms with Gasteiger partial charge in [-0.25, -0.2) is 9.97 Å². The minimum absolute atomic E-state index is 0.145. The monoisotopic (exact) mass is 312 g/mol. The molecule has 1 fully saturated rings. The first-order valence-electron chi connectivity index (χ1n) is 6.02. The van der Waals surface area contributed by atoms with E-state index in [-0.39, 0.29) is 24.1 Å². The van der Waals surface area contributed by atoms with Crippen molar-refractivity contribution in [1.29, 1.82) is 0 Å². The van der Waals surface area contributed by atoms with Gasteiger partial charge in [0.15, 0.2) is 5.65 Å². The molecule has 8 heteroatoms. The highest BCUT2D eigenvalue weighted by Crippen LogP contribution is 2.27. The van der Waals surface area contributed by atoms with Crippen molar-refractivity contribution in [2.24, 2.45) is 0 Å². The minimum Gasteiger partial charge on any atom is -0.299 e. The number of amides is 2. The normalized spacial score (nSPS) is 19.4. The third kappa shape index (κ3) is 2.14. The van der Waals surface area contributed by atoms with Crippen LogP contribution in [0.15, 0.2) is 12.3 Å². The summed E-state index contributed by atoms with van der Waals surface area (Å²) in [7, 11) is 0. The van der Waals surface area contributed by atoms with Crippen molar-refractivity contribution in [2.75, 3.05) is 0 Å². The van der Waals surface area contributed by atoms with Crippen molar-refractivity contribution in [3.8, 4) is 0 Å². The van der Waals surface area contributed by atoms with Gasteiger partial charge in [-0.3, -0.25) is 19.5 Å². The number of carbonyl (C=O) groups excluding carboxylic acids is 2. The number of imidazole rings is 1. The molecule has 3 rings (SSSR count). The number of nitrogens with zero attached hydrogens (tertiary/aromatic N) is 3. The van der Waals surface area contributed by atoms with Gasteiger partial charge in [-0.15, -0.1) is 11.6 Å². The Hall–Kier alpha value is -1.66. The fraction of sp³-hybridized carbons (Fsp3) is 0.333. The van der Waals surface area contributed by atoms with E-state index in [4.69, 9.17) is 23.2 Å². The molecule has 3 heterocycles. The maximum atomic E-state index is 12.0. The number of hydrogen-bond acceptors (Lipinski definition) is 4. The summed E-state index contributed by atoms with van der Waals surface area (Å²) in [5, 5.41) is 2.79. The van der Waals surface area contributed by atoms with E-state index >= 15 is 0 Å². The van der Waals surface area contributed by atoms with Crippen LogP contribution in [0, 0.1) is 0 Å². The summed E-state index contributed by atoms with van der Waals surface area (Å²) in [6.07, 6.45) is 2.18. The van der Waals surface area contributed by atoms with E-state index < -0.39 is 6.04 Å². The average molecular weight is 313 g/mol. The second kappa shape index (κ2) is 5.03. The molecule has 2 aromatic heterocycles. The van der Waals surface area contributed by atoms with Crippen LogP contribution in [0.25, 0.3) is 11.2 Å². The van der Waals surface area contributed by atoms with Gasteiger partial charge in [-0.05, 0) is 12.5 Å². The third-order valence-electron chi connectivity index (χ3n) is 3.21. The van der Waals surface area contributed by atoms with E-state index in [0.29, 0.717) is 28.4 Å². The standard InChI is InChI=1S/C12H10Cl2N4O2/c13-4-9-16-7-3-6(14)5-15-11(7)18(9)8-1-2-10(19)17-12(8)20/h3,5,8H,1-2,4H2,(H,17,19,20). The van der Waals surface area contributed by atoms with Gasteiger partial charge >= 0.3 is 0 Å². The van der Waals surface area contributed by atoms with Crippen molar-refractivity contribution in [2.45, 2.75) is 24.8 Å². The Morgan fingerprint density at radius 2 is 2.25 bits per heavy atom. The molecular weight excluding hydrogens is 303 g/mol. The molecule has 1 aliphatic rings. The number of nitrogens with one attached hydrogen (secondary N) is 1. The number of pyridine rings is 1. The Morgan fingerprint density at radius 3 is 2.95 bits per heavy atom. The Morgan fingerprint density at radius 1 is 1.45 bits per heavy atom. The minimum atomic E-state index is -0.528. The molecule has 0 spiro atoms. The van der Waals surface area contributed by atoms with Crippen LogP contribution in [-0.2, 0) is 15.5 Å². The highest BCUT2D eigenvalue weighted by atomic mass is 35.5. The van der Waals surface area contributed by atoms with Gasteiger partial charge in [-0.1, -0.05) is 11.6 Å². The molecule has 1 saturated heterocycles. The van der Waals surface area contributed by atoms with E-state index in [2.05, 4.69) is 15.3 Å². The van der Waals surface area contributed by atoms with Crippen molar-refractivity contribution in [3.05, 3.63) is 23.1 Å². The lowest BCUT2D eigenvalue weighted by atomic mass is 10.1. The van der Waals surface area contributed by atoms with Gasteiger partial charge in [0.2, 0.25) is 11.8 Å². The second-order valence-electron chi connectivity index (χ2n) is 4.49. The third-order valence-corrected chi connectivity index (χ3v) is 3.66. The topological polar surface area (TPSA) is 76.9 Å². The number of imide groups is 1. The van der Waals surface area contributed by atoms with Crippen molar-refractivity contribution in [1.82, 2.24) is 19.9 Å². The van der Waals surface area contributed by atoms with Crippen LogP contribution in [0.5, 0.6) is 0 Å². The number of aromatic nitrogens is 3. The lowest BCUT2D eigenvalue weighted by molar-refractivity contribution is -0.135. The SMILES string of the molecule is O=C1CCC(n2c(CCl)nc3cc(Cl)cnc32)C(=O)N1. The lowest BCUT2D eigenvalue weighted by Crippen LogP contribution is -2.42. The maximum absolute atomic E-state index is 12.0. The largest absolute Gasteiger partial charge is 0.299 e. The van der Waals surface area contributed by atoms with Crippen molar-refractivity contribution < 1.29 is 9.59 Å². The number of rotatable bonds is 2. The first-order chi connectivity index (χ1) is 9.60. The number of halogens is 2. The summed E-state index contributed by atoms with van der Waals surface area (Å²) in [4.78, 5) is 31.8. The quantitative estimate of drug-likeness (QED) is 0.677. The molecule has 0 saturated carbocycles. The molecule has 20 heavy (non-hydrogen) atoms. The van der Waals surface area contributed by atoms with E-state index in [9.17, 15) is 9.59 Å². The van der Waals surface area contributed by atoms with Gasteiger partial charge < -0.3 is 0 Å². The molecule has 0 aromatic carbocycles. The summed E-state index contributed by atoms with van der Waals surface area (Å²) < 4.78 is 1.68. The van der Waals surface area contributed by atoms with Gasteiger partial charge in [0.05, 0.1) is 10.9 Å². The van der Waals surface area contributed by atoms with E-state index in [1.165, 1.54) is 6.20 Å². The number of carbonyl (C=O) groups is 2. The van der Waals surface area contributed by atoms with Crippen molar-refractivity contribution >= 4 is 46.2 Å². The fourth-order valence-corrected chi connectivity index (χ4v) is 2.70. The molecule has 0 bridgehead atoms. The van der Waals surface area contributed by atoms with Gasteiger partial charge in [0.25, 0.3) is 0 Å². The number of fused-ring (bicyclic) bond motifs is 1. The van der Waals surface area contributed by atoms with Crippen LogP contribution in [0.1, 0.15) is 24.7 Å². The predicted molar refractivity (Wildman–Crippen MR) is 73.5 cm³/mol. The van der Waals surface area contributed by atoms with Crippen LogP contribution in [0.2, 0.25) is 5.02 Å². The second-order valence-corrected chi connectivity index (χ2v) is 5.20. The maximum Gasteiger partial charge on any atom is 0.249 e. The molecule has 1 N–H and O–H groups in total. The molecule has 1 aliphatic heterocycles. The first-order valence-corrected chi connectivity index (χ1v) is 6.93. The summed E-state index contributed by atoms with van der Waals surface area (Å²) in [5.74, 6) is 0.0554. The Labute approximate surface area is 124 Å². The van der Waals surface area contributed by atoms with Crippen molar-refractivity contribution in [3.63, 3.8) is 0 Å². The molecule has 1 unspecified atom stereocenters. The molecule has 104 valence electrons. The Bertz CT molecular complexity index is 713. The highest BCUT2D eigenvalue weighted by molar-refractivity contribution is 6.31. The van der Waals surface area contributed by atoms with Crippen LogP contribution in [0.4, 0.5) is 0 Å². The van der Waals surface area contributed by atoms with E-state index in [1.807, 2.05) is 0 Å². The number of piperidine rings is 1. The van der Waals surface area contributed by atoms with Crippen LogP contribution in [0.3, 0.4) is 0 Å². The van der Waals surface area contributed by atoms with E-state index in [0.717, 1.165) is 0 Å². The predicted octanol–water partition coefficient (Wildman–Crippen LogP) is 1.80. The lowest BCUT2D eigenvalue weighted by Gasteiger charge is -2.23. The molecular formula is C12H10Cl2N4O2. The summed E-state index contributed by atoms with van der Waals surface area (Å²) in [5.41, 5.74) is 1.12. The van der Waals surface area contributed by atoms with Crippen LogP contribution < -0.4 is 5.32 Å². The first kappa shape index (κ1) is 13.3. The zero-order chi connectivity index (χ0) is 14.3. The smallest absolute Gasteiger partial charge is 0.249 e. The van der Waals surface area contributed by atoms with Gasteiger partial charge in [0.1, 0.15) is 17.4 Å². The molecule has 0 aliphatic carbocycles. The molecule has 0 radical (unpaired) electrons. The van der Waals surface area contributed by atoms with Crippen LogP contribution >= 0.6 is 23.2 Å². The summed E-state index contributed by atoms with van der Waals surface area (Å²) >= 11 is 11.8. The summed E-state index contributed by atoms with van der Waals surface area (Å²) in [6, 6.07) is 1.14. The molecule has 2 amide bonds. The number of hydrogen-bond donors (Lipinski definition) is 1. The molecule has 6 nitrogen and oxygen atoms in total. The van der Waals surface area contributed by atoms with E-state index in [1.54, 1.807) is 10.6 Å².